The topological polar surface area (TPSA) is 71.8 Å². The van der Waals surface area contributed by atoms with E-state index in [0.717, 1.165) is 69.3 Å². The fourth-order valence-corrected chi connectivity index (χ4v) is 3.92. The maximum Gasteiger partial charge on any atom is 0.135 e. The van der Waals surface area contributed by atoms with Gasteiger partial charge in [-0.2, -0.15) is 0 Å². The lowest BCUT2D eigenvalue weighted by molar-refractivity contribution is 0.470. The molecule has 2 aromatic heterocycles. The molecule has 2 aliphatic rings. The molecule has 4 heterocycles. The first-order valence-corrected chi connectivity index (χ1v) is 8.88. The van der Waals surface area contributed by atoms with Crippen molar-refractivity contribution < 1.29 is 0 Å². The molecule has 0 saturated carbocycles. The third-order valence-corrected chi connectivity index (χ3v) is 5.18. The highest BCUT2D eigenvalue weighted by atomic mass is 15.3. The Bertz CT molecular complexity index is 716. The molecule has 0 amide bonds. The Morgan fingerprint density at radius 3 is 2.67 bits per heavy atom. The average molecular weight is 327 g/mol. The van der Waals surface area contributed by atoms with Crippen LogP contribution in [0.5, 0.6) is 0 Å². The predicted molar refractivity (Wildman–Crippen MR) is 92.2 cm³/mol. The predicted octanol–water partition coefficient (Wildman–Crippen LogP) is 0.986. The molecule has 1 saturated heterocycles. The molecule has 1 fully saturated rings. The van der Waals surface area contributed by atoms with Crippen LogP contribution in [0.1, 0.15) is 41.7 Å². The first-order valence-electron chi connectivity index (χ1n) is 8.88. The second-order valence-electron chi connectivity index (χ2n) is 6.83. The molecule has 0 bridgehead atoms. The van der Waals surface area contributed by atoms with Gasteiger partial charge in [-0.15, -0.1) is 10.2 Å². The van der Waals surface area contributed by atoms with E-state index in [1.807, 2.05) is 18.5 Å². The molecule has 24 heavy (non-hydrogen) atoms. The lowest BCUT2D eigenvalue weighted by Crippen LogP contribution is -2.35. The zero-order valence-corrected chi connectivity index (χ0v) is 14.5. The number of hydrogen-bond acceptors (Lipinski definition) is 6. The first-order chi connectivity index (χ1) is 11.7. The summed E-state index contributed by atoms with van der Waals surface area (Å²) in [6, 6.07) is 0. The number of piperidine rings is 1. The second kappa shape index (κ2) is 6.47. The zero-order valence-electron chi connectivity index (χ0n) is 14.5. The minimum absolute atomic E-state index is 0.497. The Hall–Kier alpha value is -2.02. The van der Waals surface area contributed by atoms with E-state index in [1.165, 1.54) is 11.3 Å². The van der Waals surface area contributed by atoms with Gasteiger partial charge in [0.15, 0.2) is 0 Å². The summed E-state index contributed by atoms with van der Waals surface area (Å²) in [5.74, 6) is 3.66. The number of anilines is 1. The summed E-state index contributed by atoms with van der Waals surface area (Å²) in [7, 11) is 2.03. The molecule has 0 radical (unpaired) electrons. The van der Waals surface area contributed by atoms with Gasteiger partial charge >= 0.3 is 0 Å². The third kappa shape index (κ3) is 2.88. The number of nitrogens with zero attached hydrogens (tertiary/aromatic N) is 6. The first kappa shape index (κ1) is 15.5. The molecule has 4 rings (SSSR count). The van der Waals surface area contributed by atoms with Crippen molar-refractivity contribution >= 4 is 5.82 Å². The van der Waals surface area contributed by atoms with Crippen LogP contribution in [0.2, 0.25) is 0 Å². The highest BCUT2D eigenvalue weighted by molar-refractivity contribution is 5.50. The van der Waals surface area contributed by atoms with E-state index in [1.54, 1.807) is 6.33 Å². The van der Waals surface area contributed by atoms with E-state index in [4.69, 9.17) is 9.97 Å². The SMILES string of the molecule is Cc1nc2c(c(N3CCC(c4nncn4C)CC3)n1)CCNCC2. The average Bonchev–Trinajstić information content (AvgIpc) is 2.88. The minimum Gasteiger partial charge on any atom is -0.356 e. The van der Waals surface area contributed by atoms with Gasteiger partial charge in [-0.25, -0.2) is 9.97 Å². The van der Waals surface area contributed by atoms with Crippen LogP contribution in [0.3, 0.4) is 0 Å². The van der Waals surface area contributed by atoms with Crippen LogP contribution in [0.15, 0.2) is 6.33 Å². The summed E-state index contributed by atoms with van der Waals surface area (Å²) in [4.78, 5) is 12.0. The van der Waals surface area contributed by atoms with Crippen molar-refractivity contribution in [3.8, 4) is 0 Å². The molecule has 2 aliphatic heterocycles. The molecule has 0 unspecified atom stereocenters. The Morgan fingerprint density at radius 1 is 1.12 bits per heavy atom. The largest absolute Gasteiger partial charge is 0.356 e. The normalized spacial score (nSPS) is 19.2. The van der Waals surface area contributed by atoms with Crippen LogP contribution >= 0.6 is 0 Å². The van der Waals surface area contributed by atoms with Gasteiger partial charge in [0.05, 0.1) is 5.69 Å². The Balaban J connectivity index is 1.55. The molecule has 0 spiro atoms. The number of aromatic nitrogens is 5. The van der Waals surface area contributed by atoms with Gasteiger partial charge in [0.25, 0.3) is 0 Å². The molecule has 0 aromatic carbocycles. The van der Waals surface area contributed by atoms with Crippen molar-refractivity contribution in [2.24, 2.45) is 7.05 Å². The fraction of sp³-hybridized carbons (Fsp3) is 0.647. The second-order valence-corrected chi connectivity index (χ2v) is 6.83. The van der Waals surface area contributed by atoms with Crippen molar-refractivity contribution in [1.82, 2.24) is 30.0 Å². The van der Waals surface area contributed by atoms with E-state index < -0.39 is 0 Å². The highest BCUT2D eigenvalue weighted by Crippen LogP contribution is 2.31. The van der Waals surface area contributed by atoms with Crippen molar-refractivity contribution in [2.45, 2.75) is 38.5 Å². The van der Waals surface area contributed by atoms with Crippen LogP contribution in [0.25, 0.3) is 0 Å². The van der Waals surface area contributed by atoms with E-state index in [-0.39, 0.29) is 0 Å². The maximum atomic E-state index is 4.81. The van der Waals surface area contributed by atoms with E-state index >= 15 is 0 Å². The van der Waals surface area contributed by atoms with Gasteiger partial charge < -0.3 is 14.8 Å². The van der Waals surface area contributed by atoms with Crippen LogP contribution in [0.4, 0.5) is 5.82 Å². The van der Waals surface area contributed by atoms with Gasteiger partial charge in [0, 0.05) is 44.6 Å². The molecule has 7 heteroatoms. The molecule has 128 valence electrons. The molecular weight excluding hydrogens is 302 g/mol. The van der Waals surface area contributed by atoms with E-state index in [0.29, 0.717) is 5.92 Å². The van der Waals surface area contributed by atoms with E-state index in [2.05, 4.69) is 20.4 Å². The smallest absolute Gasteiger partial charge is 0.135 e. The molecule has 1 N–H and O–H groups in total. The van der Waals surface area contributed by atoms with Crippen LogP contribution in [-0.2, 0) is 19.9 Å². The third-order valence-electron chi connectivity index (χ3n) is 5.18. The maximum absolute atomic E-state index is 4.81. The number of aryl methyl sites for hydroxylation is 2. The van der Waals surface area contributed by atoms with Gasteiger partial charge in [0.2, 0.25) is 0 Å². The number of nitrogens with one attached hydrogen (secondary N) is 1. The number of rotatable bonds is 2. The molecule has 2 aromatic rings. The van der Waals surface area contributed by atoms with Crippen molar-refractivity contribution in [3.63, 3.8) is 0 Å². The standard InChI is InChI=1S/C17H25N7/c1-12-20-15-4-8-18-7-3-14(15)17(21-12)24-9-5-13(6-10-24)16-22-19-11-23(16)2/h11,13,18H,3-10H2,1-2H3. The van der Waals surface area contributed by atoms with Crippen molar-refractivity contribution in [3.05, 3.63) is 29.2 Å². The molecule has 7 nitrogen and oxygen atoms in total. The Kier molecular flexibility index (Phi) is 4.18. The monoisotopic (exact) mass is 327 g/mol. The van der Waals surface area contributed by atoms with E-state index in [9.17, 15) is 0 Å². The fourth-order valence-electron chi connectivity index (χ4n) is 3.92. The molecule has 0 aliphatic carbocycles. The summed E-state index contributed by atoms with van der Waals surface area (Å²) in [5, 5.41) is 11.8. The quantitative estimate of drug-likeness (QED) is 0.887. The summed E-state index contributed by atoms with van der Waals surface area (Å²) >= 11 is 0. The van der Waals surface area contributed by atoms with Crippen LogP contribution in [-0.4, -0.2) is 50.9 Å². The highest BCUT2D eigenvalue weighted by Gasteiger charge is 2.27. The summed E-state index contributed by atoms with van der Waals surface area (Å²) in [5.41, 5.74) is 2.58. The van der Waals surface area contributed by atoms with Gasteiger partial charge in [-0.05, 0) is 32.7 Å². The zero-order chi connectivity index (χ0) is 16.5. The summed E-state index contributed by atoms with van der Waals surface area (Å²) in [6.45, 7) is 6.08. The van der Waals surface area contributed by atoms with Crippen LogP contribution in [0, 0.1) is 6.92 Å². The van der Waals surface area contributed by atoms with Gasteiger partial charge in [-0.3, -0.25) is 0 Å². The lowest BCUT2D eigenvalue weighted by atomic mass is 9.95. The Morgan fingerprint density at radius 2 is 1.92 bits per heavy atom. The summed E-state index contributed by atoms with van der Waals surface area (Å²) in [6.07, 6.45) is 6.02. The molecular formula is C17H25N7. The van der Waals surface area contributed by atoms with Crippen molar-refractivity contribution in [2.75, 3.05) is 31.1 Å². The molecule has 0 atom stereocenters. The lowest BCUT2D eigenvalue weighted by Gasteiger charge is -2.33. The van der Waals surface area contributed by atoms with Gasteiger partial charge in [0.1, 0.15) is 23.8 Å². The van der Waals surface area contributed by atoms with Crippen LogP contribution < -0.4 is 10.2 Å². The summed E-state index contributed by atoms with van der Waals surface area (Å²) < 4.78 is 2.05. The minimum atomic E-state index is 0.497. The number of fused-ring (bicyclic) bond motifs is 1. The van der Waals surface area contributed by atoms with Crippen molar-refractivity contribution in [1.29, 1.82) is 0 Å². The Labute approximate surface area is 142 Å². The number of hydrogen-bond donors (Lipinski definition) is 1. The van der Waals surface area contributed by atoms with Gasteiger partial charge in [-0.1, -0.05) is 0 Å².